The van der Waals surface area contributed by atoms with Crippen molar-refractivity contribution in [2.75, 3.05) is 0 Å². The van der Waals surface area contributed by atoms with Crippen molar-refractivity contribution in [2.24, 2.45) is 0 Å². The molecule has 25 heavy (non-hydrogen) atoms. The van der Waals surface area contributed by atoms with Gasteiger partial charge >= 0.3 is 0 Å². The Morgan fingerprint density at radius 1 is 0.920 bits per heavy atom. The van der Waals surface area contributed by atoms with Crippen LogP contribution in [0.25, 0.3) is 16.5 Å². The quantitative estimate of drug-likeness (QED) is 0.501. The lowest BCUT2D eigenvalue weighted by molar-refractivity contribution is 0.755. The van der Waals surface area contributed by atoms with Gasteiger partial charge in [-0.05, 0) is 63.9 Å². The van der Waals surface area contributed by atoms with Crippen molar-refractivity contribution in [3.63, 3.8) is 0 Å². The van der Waals surface area contributed by atoms with Gasteiger partial charge in [0.2, 0.25) is 5.16 Å². The second-order valence-electron chi connectivity index (χ2n) is 6.07. The lowest BCUT2D eigenvalue weighted by Gasteiger charge is -2.08. The summed E-state index contributed by atoms with van der Waals surface area (Å²) in [7, 11) is 0. The summed E-state index contributed by atoms with van der Waals surface area (Å²) in [5.41, 5.74) is 4.78. The molecule has 1 aromatic heterocycles. The number of aryl methyl sites for hydroxylation is 2. The smallest absolute Gasteiger partial charge is 0.187 e. The number of rotatable bonds is 4. The van der Waals surface area contributed by atoms with Crippen LogP contribution in [-0.4, -0.2) is 20.2 Å². The molecular formula is C20H18N4S. The lowest BCUT2D eigenvalue weighted by atomic mass is 10.1. The predicted molar refractivity (Wildman–Crippen MR) is 102 cm³/mol. The van der Waals surface area contributed by atoms with E-state index in [4.69, 9.17) is 0 Å². The molecule has 0 radical (unpaired) electrons. The van der Waals surface area contributed by atoms with Crippen LogP contribution >= 0.6 is 11.8 Å². The second-order valence-corrected chi connectivity index (χ2v) is 7.01. The molecule has 0 aliphatic heterocycles. The summed E-state index contributed by atoms with van der Waals surface area (Å²) in [6.07, 6.45) is 0. The topological polar surface area (TPSA) is 43.6 Å². The van der Waals surface area contributed by atoms with E-state index in [0.717, 1.165) is 16.6 Å². The molecule has 1 heterocycles. The van der Waals surface area contributed by atoms with Gasteiger partial charge in [0.05, 0.1) is 5.69 Å². The molecule has 0 spiro atoms. The number of nitrogens with zero attached hydrogens (tertiary/aromatic N) is 4. The summed E-state index contributed by atoms with van der Waals surface area (Å²) in [5.74, 6) is 0.826. The molecule has 0 fully saturated rings. The van der Waals surface area contributed by atoms with Crippen LogP contribution < -0.4 is 0 Å². The maximum atomic E-state index is 4.20. The van der Waals surface area contributed by atoms with Crippen LogP contribution in [0.2, 0.25) is 0 Å². The van der Waals surface area contributed by atoms with Crippen molar-refractivity contribution in [3.8, 4) is 5.69 Å². The van der Waals surface area contributed by atoms with Gasteiger partial charge in [-0.3, -0.25) is 0 Å². The van der Waals surface area contributed by atoms with Crippen molar-refractivity contribution >= 4 is 22.5 Å². The third-order valence-electron chi connectivity index (χ3n) is 4.41. The first-order chi connectivity index (χ1) is 12.2. The number of aromatic nitrogens is 4. The number of thioether (sulfide) groups is 1. The van der Waals surface area contributed by atoms with Crippen molar-refractivity contribution in [2.45, 2.75) is 24.8 Å². The van der Waals surface area contributed by atoms with E-state index in [9.17, 15) is 0 Å². The number of fused-ring (bicyclic) bond motifs is 1. The van der Waals surface area contributed by atoms with Crippen molar-refractivity contribution in [1.82, 2.24) is 20.2 Å². The largest absolute Gasteiger partial charge is 0.214 e. The molecule has 0 saturated heterocycles. The second kappa shape index (κ2) is 6.69. The van der Waals surface area contributed by atoms with Gasteiger partial charge in [0.25, 0.3) is 0 Å². The molecule has 0 N–H and O–H groups in total. The molecule has 0 aliphatic carbocycles. The number of tetrazole rings is 1. The summed E-state index contributed by atoms with van der Waals surface area (Å²) in [6.45, 7) is 4.21. The van der Waals surface area contributed by atoms with E-state index in [2.05, 4.69) is 90.0 Å². The van der Waals surface area contributed by atoms with Crippen LogP contribution in [0.4, 0.5) is 0 Å². The SMILES string of the molecule is Cc1ccc(-n2nnnc2SCc2cccc3ccccc23)cc1C. The van der Waals surface area contributed by atoms with Crippen molar-refractivity contribution < 1.29 is 0 Å². The van der Waals surface area contributed by atoms with Gasteiger partial charge < -0.3 is 0 Å². The maximum Gasteiger partial charge on any atom is 0.214 e. The molecule has 0 saturated carbocycles. The molecule has 4 aromatic rings. The van der Waals surface area contributed by atoms with Crippen LogP contribution in [0, 0.1) is 13.8 Å². The van der Waals surface area contributed by atoms with Gasteiger partial charge in [0, 0.05) is 5.75 Å². The fraction of sp³-hybridized carbons (Fsp3) is 0.150. The highest BCUT2D eigenvalue weighted by molar-refractivity contribution is 7.98. The van der Waals surface area contributed by atoms with Gasteiger partial charge in [-0.2, -0.15) is 4.68 Å². The molecule has 5 heteroatoms. The Labute approximate surface area is 150 Å². The minimum absolute atomic E-state index is 0.802. The van der Waals surface area contributed by atoms with E-state index in [-0.39, 0.29) is 0 Å². The maximum absolute atomic E-state index is 4.20. The molecule has 3 aromatic carbocycles. The zero-order valence-corrected chi connectivity index (χ0v) is 15.0. The molecule has 4 rings (SSSR count). The van der Waals surface area contributed by atoms with E-state index in [0.29, 0.717) is 0 Å². The molecule has 0 unspecified atom stereocenters. The van der Waals surface area contributed by atoms with E-state index in [1.807, 2.05) is 4.68 Å². The highest BCUT2D eigenvalue weighted by atomic mass is 32.2. The average molecular weight is 346 g/mol. The molecule has 0 amide bonds. The Morgan fingerprint density at radius 2 is 1.76 bits per heavy atom. The predicted octanol–water partition coefficient (Wildman–Crippen LogP) is 4.72. The lowest BCUT2D eigenvalue weighted by Crippen LogP contribution is -2.00. The Balaban J connectivity index is 1.62. The van der Waals surface area contributed by atoms with Crippen molar-refractivity contribution in [3.05, 3.63) is 77.4 Å². The highest BCUT2D eigenvalue weighted by Crippen LogP contribution is 2.27. The molecule has 0 atom stereocenters. The van der Waals surface area contributed by atoms with Crippen LogP contribution in [0.5, 0.6) is 0 Å². The van der Waals surface area contributed by atoms with Crippen molar-refractivity contribution in [1.29, 1.82) is 0 Å². The fourth-order valence-corrected chi connectivity index (χ4v) is 3.74. The minimum atomic E-state index is 0.802. The highest BCUT2D eigenvalue weighted by Gasteiger charge is 2.11. The Hall–Kier alpha value is -2.66. The van der Waals surface area contributed by atoms with Crippen LogP contribution in [0.1, 0.15) is 16.7 Å². The molecule has 4 nitrogen and oxygen atoms in total. The normalized spacial score (nSPS) is 11.1. The van der Waals surface area contributed by atoms with Crippen LogP contribution in [0.15, 0.2) is 65.8 Å². The average Bonchev–Trinajstić information content (AvgIpc) is 3.11. The number of hydrogen-bond donors (Lipinski definition) is 0. The van der Waals surface area contributed by atoms with E-state index < -0.39 is 0 Å². The first-order valence-electron chi connectivity index (χ1n) is 8.18. The van der Waals surface area contributed by atoms with Gasteiger partial charge in [0.1, 0.15) is 0 Å². The molecule has 0 bridgehead atoms. The Kier molecular flexibility index (Phi) is 4.24. The first kappa shape index (κ1) is 15.8. The summed E-state index contributed by atoms with van der Waals surface area (Å²) in [5, 5.41) is 15.6. The third kappa shape index (κ3) is 3.15. The number of benzene rings is 3. The van der Waals surface area contributed by atoms with Gasteiger partial charge in [-0.15, -0.1) is 5.10 Å². The zero-order valence-electron chi connectivity index (χ0n) is 14.2. The zero-order chi connectivity index (χ0) is 17.2. The van der Waals surface area contributed by atoms with Gasteiger partial charge in [-0.1, -0.05) is 60.3 Å². The van der Waals surface area contributed by atoms with E-state index in [1.54, 1.807) is 11.8 Å². The third-order valence-corrected chi connectivity index (χ3v) is 5.38. The summed E-state index contributed by atoms with van der Waals surface area (Å²) >= 11 is 1.65. The minimum Gasteiger partial charge on any atom is -0.187 e. The monoisotopic (exact) mass is 346 g/mol. The Bertz CT molecular complexity index is 1030. The van der Waals surface area contributed by atoms with Crippen LogP contribution in [0.3, 0.4) is 0 Å². The van der Waals surface area contributed by atoms with Gasteiger partial charge in [0.15, 0.2) is 0 Å². The van der Waals surface area contributed by atoms with E-state index >= 15 is 0 Å². The Morgan fingerprint density at radius 3 is 2.64 bits per heavy atom. The molecule has 0 aliphatic rings. The summed E-state index contributed by atoms with van der Waals surface area (Å²) < 4.78 is 1.81. The van der Waals surface area contributed by atoms with Gasteiger partial charge in [-0.25, -0.2) is 0 Å². The first-order valence-corrected chi connectivity index (χ1v) is 9.16. The van der Waals surface area contributed by atoms with E-state index in [1.165, 1.54) is 27.5 Å². The van der Waals surface area contributed by atoms with Crippen LogP contribution in [-0.2, 0) is 5.75 Å². The fourth-order valence-electron chi connectivity index (χ4n) is 2.85. The summed E-state index contributed by atoms with van der Waals surface area (Å²) in [6, 6.07) is 21.1. The molecule has 124 valence electrons. The number of hydrogen-bond acceptors (Lipinski definition) is 4. The standard InChI is InChI=1S/C20H18N4S/c1-14-10-11-18(12-15(14)2)24-20(21-22-23-24)25-13-17-8-5-7-16-6-3-4-9-19(16)17/h3-12H,13H2,1-2H3. The molecular weight excluding hydrogens is 328 g/mol. The summed E-state index contributed by atoms with van der Waals surface area (Å²) in [4.78, 5) is 0.